The molecular formula is C112H180O8S8. The molecule has 4 N–H and O–H groups in total. The summed E-state index contributed by atoms with van der Waals surface area (Å²) in [5, 5.41) is 38.4. The number of carbonyl (C=O) groups is 2. The van der Waals surface area contributed by atoms with Crippen LogP contribution in [0.4, 0.5) is 0 Å². The highest BCUT2D eigenvalue weighted by molar-refractivity contribution is 8.77. The van der Waals surface area contributed by atoms with Gasteiger partial charge in [0.1, 0.15) is 0 Å². The third kappa shape index (κ3) is 96.2. The minimum atomic E-state index is -1.24. The molecule has 0 spiro atoms. The zero-order valence-corrected chi connectivity index (χ0v) is 93.5. The topological polar surface area (TPSA) is 134 Å². The van der Waals surface area contributed by atoms with Gasteiger partial charge in [-0.3, -0.25) is 9.59 Å². The van der Waals surface area contributed by atoms with Crippen molar-refractivity contribution in [3.05, 3.63) is 261 Å². The van der Waals surface area contributed by atoms with E-state index < -0.39 is 11.6 Å². The molecule has 8 aliphatic heterocycles. The zero-order chi connectivity index (χ0) is 99.6. The van der Waals surface area contributed by atoms with Gasteiger partial charge in [-0.25, -0.2) is 0 Å². The van der Waals surface area contributed by atoms with E-state index >= 15 is 0 Å². The summed E-state index contributed by atoms with van der Waals surface area (Å²) < 4.78 is 11.4. The molecule has 0 amide bonds. The monoisotopic (exact) mass is 1910 g/mol. The van der Waals surface area contributed by atoms with Crippen molar-refractivity contribution in [3.63, 3.8) is 0 Å². The quantitative estimate of drug-likeness (QED) is 0.0377. The van der Waals surface area contributed by atoms with Crippen LogP contribution in [0.3, 0.4) is 0 Å². The molecule has 8 aliphatic rings. The highest BCUT2D eigenvalue weighted by atomic mass is 33.1. The second-order valence-electron chi connectivity index (χ2n) is 44.9. The molecule has 8 aromatic carbocycles. The van der Waals surface area contributed by atoms with E-state index in [1.165, 1.54) is 54.3 Å². The van der Waals surface area contributed by atoms with Gasteiger partial charge in [0.2, 0.25) is 0 Å². The maximum Gasteiger partial charge on any atom is 0.189 e. The molecule has 0 saturated carbocycles. The van der Waals surface area contributed by atoms with Gasteiger partial charge in [-0.05, 0) is 227 Å². The predicted octanol–water partition coefficient (Wildman–Crippen LogP) is 33.0. The number of aliphatic hydroxyl groups excluding tert-OH is 2. The number of benzene rings is 8. The third-order valence-electron chi connectivity index (χ3n) is 13.8. The van der Waals surface area contributed by atoms with Crippen LogP contribution in [0.5, 0.6) is 0 Å². The van der Waals surface area contributed by atoms with Gasteiger partial charge in [0, 0.05) is 66.6 Å². The maximum absolute atomic E-state index is 10.7. The summed E-state index contributed by atoms with van der Waals surface area (Å²) in [6, 6.07) is 64.3. The van der Waals surface area contributed by atoms with Crippen molar-refractivity contribution in [1.29, 1.82) is 0 Å². The molecule has 8 bridgehead atoms. The van der Waals surface area contributed by atoms with Crippen molar-refractivity contribution in [2.24, 2.45) is 43.3 Å². The second-order valence-corrected chi connectivity index (χ2v) is 51.8. The standard InChI is InChI=1S/2C18H20O2S2.2C10H14OS.2C8H8OS.8C5H12/c2*1-18(19)16-6-8-17(9-7-16)22-21-13-11-15-4-2-14(3-5-15)10-12-20-18;2*11-7-5-9-1-3-10(4-2-9)6-8-12;2*1-6(9)7-2-4-8(10)5-3-7;8*1-5(2,3)4/h2*2-9,19H,10-13H2,1H3;2*1-4,11-12H,5-8H2;2*2-5,10H,1H3;8*1-4H3. The lowest BCUT2D eigenvalue weighted by molar-refractivity contribution is -0.198. The lowest BCUT2D eigenvalue weighted by Crippen LogP contribution is -2.26. The van der Waals surface area contributed by atoms with Crippen LogP contribution in [-0.2, 0) is 72.4 Å². The molecule has 16 rings (SSSR count). The van der Waals surface area contributed by atoms with Crippen molar-refractivity contribution < 1.29 is 39.5 Å². The van der Waals surface area contributed by atoms with Gasteiger partial charge in [-0.1, -0.05) is 410 Å². The lowest BCUT2D eigenvalue weighted by Gasteiger charge is -2.24. The van der Waals surface area contributed by atoms with Gasteiger partial charge in [0.05, 0.1) is 13.2 Å². The Morgan fingerprint density at radius 2 is 0.508 bits per heavy atom. The minimum Gasteiger partial charge on any atom is -0.396 e. The number of ether oxygens (including phenoxy) is 2. The van der Waals surface area contributed by atoms with Gasteiger partial charge in [0.25, 0.3) is 0 Å². The predicted molar refractivity (Wildman–Crippen MR) is 586 cm³/mol. The van der Waals surface area contributed by atoms with E-state index in [0.29, 0.717) is 56.5 Å². The number of thiol groups is 4. The van der Waals surface area contributed by atoms with Crippen molar-refractivity contribution >= 4 is 105 Å². The van der Waals surface area contributed by atoms with E-state index in [1.807, 2.05) is 70.1 Å². The molecule has 8 aromatic rings. The Bertz CT molecular complexity index is 3590. The Kier molecular flexibility index (Phi) is 68.8. The van der Waals surface area contributed by atoms with Crippen LogP contribution in [0.2, 0.25) is 0 Å². The Hall–Kier alpha value is -4.34. The van der Waals surface area contributed by atoms with Crippen LogP contribution in [0.1, 0.15) is 326 Å². The molecule has 2 atom stereocenters. The van der Waals surface area contributed by atoms with Crippen LogP contribution < -0.4 is 0 Å². The van der Waals surface area contributed by atoms with Gasteiger partial charge in [-0.2, -0.15) is 25.3 Å². The van der Waals surface area contributed by atoms with E-state index in [0.717, 1.165) is 106 Å². The number of rotatable bonds is 10. The SMILES string of the molecule is CC(=O)c1ccc(S)cc1.CC(=O)c1ccc(S)cc1.CC(C)(C)C.CC(C)(C)C.CC(C)(C)C.CC(C)(C)C.CC(C)(C)C.CC(C)(C)C.CC(C)(C)C.CC(C)(C)C.CC1(O)OCCc2ccc(cc2)CCSSc2ccc1cc2.CC1(O)OCCc2ccc(cc2)CCSSc2ccc1cc2.OCCc1ccc(CCS)cc1.OCCc1ccc(CCS)cc1. The first-order valence-corrected chi connectivity index (χ1v) is 52.1. The molecule has 8 heterocycles. The second kappa shape index (κ2) is 67.8. The summed E-state index contributed by atoms with van der Waals surface area (Å²) in [7, 11) is 7.28. The van der Waals surface area contributed by atoms with Crippen molar-refractivity contribution in [1.82, 2.24) is 0 Å². The van der Waals surface area contributed by atoms with E-state index in [2.05, 4.69) is 369 Å². The fraction of sp³-hybridized carbons (Fsp3) is 0.554. The Morgan fingerprint density at radius 1 is 0.312 bits per heavy atom. The largest absolute Gasteiger partial charge is 0.396 e. The summed E-state index contributed by atoms with van der Waals surface area (Å²) in [5.74, 6) is 1.65. The van der Waals surface area contributed by atoms with E-state index in [4.69, 9.17) is 19.7 Å². The molecule has 0 aromatic heterocycles. The molecule has 724 valence electrons. The Morgan fingerprint density at radius 3 is 0.695 bits per heavy atom. The number of hydrogen-bond acceptors (Lipinski definition) is 16. The first-order chi connectivity index (χ1) is 58.4. The van der Waals surface area contributed by atoms with Gasteiger partial charge < -0.3 is 29.9 Å². The normalized spacial score (nSPS) is 15.0. The van der Waals surface area contributed by atoms with E-state index in [1.54, 1.807) is 97.8 Å². The molecule has 8 nitrogen and oxygen atoms in total. The van der Waals surface area contributed by atoms with E-state index in [-0.39, 0.29) is 24.8 Å². The summed E-state index contributed by atoms with van der Waals surface area (Å²) in [6.45, 7) is 78.0. The summed E-state index contributed by atoms with van der Waals surface area (Å²) in [4.78, 5) is 25.6. The smallest absolute Gasteiger partial charge is 0.189 e. The van der Waals surface area contributed by atoms with Gasteiger partial charge in [0.15, 0.2) is 23.1 Å². The van der Waals surface area contributed by atoms with Crippen LogP contribution >= 0.6 is 93.7 Å². The first-order valence-electron chi connectivity index (χ1n) is 45.3. The summed E-state index contributed by atoms with van der Waals surface area (Å²) in [6.07, 6.45) is 7.31. The van der Waals surface area contributed by atoms with Crippen molar-refractivity contribution in [3.8, 4) is 0 Å². The van der Waals surface area contributed by atoms with Crippen LogP contribution in [0.25, 0.3) is 0 Å². The fourth-order valence-corrected chi connectivity index (χ4v) is 13.3. The highest BCUT2D eigenvalue weighted by Crippen LogP contribution is 2.36. The number of Topliss-reactive ketones (excluding diaryl/α,β-unsaturated/α-hetero) is 2. The average Bonchev–Trinajstić information content (AvgIpc) is 0.841. The first kappa shape index (κ1) is 130. The number of ketones is 2. The van der Waals surface area contributed by atoms with Gasteiger partial charge in [-0.15, -0.1) is 25.3 Å². The maximum atomic E-state index is 10.7. The average molecular weight is 1910 g/mol. The molecule has 0 saturated heterocycles. The fourth-order valence-electron chi connectivity index (χ4n) is 8.48. The van der Waals surface area contributed by atoms with Crippen LogP contribution in [-0.4, -0.2) is 81.4 Å². The molecular weight excluding hydrogens is 1730 g/mol. The molecule has 0 fully saturated rings. The van der Waals surface area contributed by atoms with Gasteiger partial charge >= 0.3 is 0 Å². The minimum absolute atomic E-state index is 0.0910. The third-order valence-corrected chi connectivity index (χ3v) is 19.6. The molecule has 128 heavy (non-hydrogen) atoms. The molecule has 0 radical (unpaired) electrons. The van der Waals surface area contributed by atoms with Crippen molar-refractivity contribution in [2.75, 3.05) is 49.4 Å². The highest BCUT2D eigenvalue weighted by Gasteiger charge is 2.25. The Balaban J connectivity index is -0.000000675. The van der Waals surface area contributed by atoms with Crippen LogP contribution in [0, 0.1) is 43.3 Å². The van der Waals surface area contributed by atoms with E-state index in [9.17, 15) is 19.8 Å². The zero-order valence-electron chi connectivity index (χ0n) is 86.6. The van der Waals surface area contributed by atoms with Crippen molar-refractivity contribution in [2.45, 2.75) is 332 Å². The number of hydrogen-bond donors (Lipinski definition) is 8. The molecule has 0 aliphatic carbocycles. The molecule has 16 heteroatoms. The number of carbonyl (C=O) groups excluding carboxylic acids is 2. The summed E-state index contributed by atoms with van der Waals surface area (Å²) >= 11 is 16.5. The lowest BCUT2D eigenvalue weighted by atomic mass is 10.0. The van der Waals surface area contributed by atoms with Crippen LogP contribution in [0.15, 0.2) is 214 Å². The molecule has 2 unspecified atom stereocenters. The number of aryl methyl sites for hydroxylation is 4. The number of aliphatic hydroxyl groups is 4. The Labute approximate surface area is 823 Å². The summed E-state index contributed by atoms with van der Waals surface area (Å²) in [5.41, 5.74) is 17.3.